The SMILES string of the molecule is Cc1nc2cc(NS(=O)(=O)c3ccc(Br)cc3C)ccc2s1. The highest BCUT2D eigenvalue weighted by Crippen LogP contribution is 2.27. The molecule has 1 N–H and O–H groups in total. The maximum atomic E-state index is 12.5. The number of aromatic nitrogens is 1. The first-order valence-electron chi connectivity index (χ1n) is 6.51. The summed E-state index contributed by atoms with van der Waals surface area (Å²) in [5.74, 6) is 0. The van der Waals surface area contributed by atoms with E-state index in [2.05, 4.69) is 25.6 Å². The Hall–Kier alpha value is -1.44. The van der Waals surface area contributed by atoms with Crippen molar-refractivity contribution in [2.45, 2.75) is 18.7 Å². The first-order valence-corrected chi connectivity index (χ1v) is 9.60. The van der Waals surface area contributed by atoms with Gasteiger partial charge in [-0.3, -0.25) is 4.72 Å². The largest absolute Gasteiger partial charge is 0.280 e. The zero-order chi connectivity index (χ0) is 15.9. The van der Waals surface area contributed by atoms with E-state index in [0.717, 1.165) is 19.7 Å². The molecule has 2 aromatic carbocycles. The second kappa shape index (κ2) is 5.64. The van der Waals surface area contributed by atoms with Crippen molar-refractivity contribution in [3.05, 3.63) is 51.4 Å². The number of sulfonamides is 1. The van der Waals surface area contributed by atoms with Crippen molar-refractivity contribution < 1.29 is 8.42 Å². The molecule has 1 heterocycles. The number of halogens is 1. The molecule has 22 heavy (non-hydrogen) atoms. The Balaban J connectivity index is 1.98. The average Bonchev–Trinajstić information content (AvgIpc) is 2.77. The molecule has 7 heteroatoms. The van der Waals surface area contributed by atoms with E-state index in [4.69, 9.17) is 0 Å². The van der Waals surface area contributed by atoms with Crippen LogP contribution in [0.4, 0.5) is 5.69 Å². The van der Waals surface area contributed by atoms with Gasteiger partial charge < -0.3 is 0 Å². The first kappa shape index (κ1) is 15.5. The number of benzene rings is 2. The fourth-order valence-corrected chi connectivity index (χ4v) is 4.79. The van der Waals surface area contributed by atoms with E-state index < -0.39 is 10.0 Å². The summed E-state index contributed by atoms with van der Waals surface area (Å²) in [6, 6.07) is 10.5. The van der Waals surface area contributed by atoms with Crippen LogP contribution in [-0.2, 0) is 10.0 Å². The van der Waals surface area contributed by atoms with Crippen molar-refractivity contribution in [3.8, 4) is 0 Å². The van der Waals surface area contributed by atoms with Gasteiger partial charge in [0.1, 0.15) is 0 Å². The van der Waals surface area contributed by atoms with Gasteiger partial charge in [-0.05, 0) is 55.8 Å². The molecule has 0 spiro atoms. The molecule has 0 aliphatic heterocycles. The van der Waals surface area contributed by atoms with Crippen molar-refractivity contribution in [2.24, 2.45) is 0 Å². The highest BCUT2D eigenvalue weighted by atomic mass is 79.9. The average molecular weight is 397 g/mol. The first-order chi connectivity index (χ1) is 10.3. The van der Waals surface area contributed by atoms with E-state index in [0.29, 0.717) is 11.3 Å². The van der Waals surface area contributed by atoms with Gasteiger partial charge in [0.05, 0.1) is 25.8 Å². The number of fused-ring (bicyclic) bond motifs is 1. The number of aryl methyl sites for hydroxylation is 2. The fraction of sp³-hybridized carbons (Fsp3) is 0.133. The Morgan fingerprint density at radius 1 is 1.14 bits per heavy atom. The highest BCUT2D eigenvalue weighted by molar-refractivity contribution is 9.10. The summed E-state index contributed by atoms with van der Waals surface area (Å²) in [5, 5.41) is 0.957. The van der Waals surface area contributed by atoms with Gasteiger partial charge in [-0.15, -0.1) is 11.3 Å². The van der Waals surface area contributed by atoms with Gasteiger partial charge in [0, 0.05) is 4.47 Å². The lowest BCUT2D eigenvalue weighted by atomic mass is 10.2. The van der Waals surface area contributed by atoms with Gasteiger partial charge in [0.25, 0.3) is 10.0 Å². The normalized spacial score (nSPS) is 11.8. The van der Waals surface area contributed by atoms with E-state index in [9.17, 15) is 8.42 Å². The fourth-order valence-electron chi connectivity index (χ4n) is 2.23. The summed E-state index contributed by atoms with van der Waals surface area (Å²) in [7, 11) is -3.62. The van der Waals surface area contributed by atoms with Crippen LogP contribution in [-0.4, -0.2) is 13.4 Å². The minimum atomic E-state index is -3.62. The Bertz CT molecular complexity index is 965. The van der Waals surface area contributed by atoms with E-state index in [1.165, 1.54) is 0 Å². The minimum Gasteiger partial charge on any atom is -0.280 e. The van der Waals surface area contributed by atoms with Crippen LogP contribution in [0.25, 0.3) is 10.2 Å². The molecule has 0 aliphatic carbocycles. The second-order valence-electron chi connectivity index (χ2n) is 4.93. The Morgan fingerprint density at radius 3 is 2.64 bits per heavy atom. The topological polar surface area (TPSA) is 59.1 Å². The molecule has 0 unspecified atom stereocenters. The Kier molecular flexibility index (Phi) is 3.96. The second-order valence-corrected chi connectivity index (χ2v) is 8.73. The number of hydrogen-bond acceptors (Lipinski definition) is 4. The van der Waals surface area contributed by atoms with E-state index in [1.54, 1.807) is 48.6 Å². The van der Waals surface area contributed by atoms with Gasteiger partial charge >= 0.3 is 0 Å². The number of rotatable bonds is 3. The maximum Gasteiger partial charge on any atom is 0.262 e. The standard InChI is InChI=1S/C15H13BrN2O2S2/c1-9-7-11(16)3-6-15(9)22(19,20)18-12-4-5-14-13(8-12)17-10(2)21-14/h3-8,18H,1-2H3. The Morgan fingerprint density at radius 2 is 1.91 bits per heavy atom. The summed E-state index contributed by atoms with van der Waals surface area (Å²) < 4.78 is 29.6. The van der Waals surface area contributed by atoms with Crippen LogP contribution in [0.1, 0.15) is 10.6 Å². The molecule has 3 rings (SSSR count). The molecule has 1 aromatic heterocycles. The number of anilines is 1. The number of thiazole rings is 1. The maximum absolute atomic E-state index is 12.5. The summed E-state index contributed by atoms with van der Waals surface area (Å²) in [4.78, 5) is 4.65. The van der Waals surface area contributed by atoms with Crippen LogP contribution in [0.15, 0.2) is 45.8 Å². The van der Waals surface area contributed by atoms with Crippen molar-refractivity contribution in [1.29, 1.82) is 0 Å². The molecule has 0 aliphatic rings. The van der Waals surface area contributed by atoms with Crippen LogP contribution in [0.2, 0.25) is 0 Å². The molecule has 0 atom stereocenters. The van der Waals surface area contributed by atoms with Gasteiger partial charge in [-0.1, -0.05) is 15.9 Å². The van der Waals surface area contributed by atoms with Crippen LogP contribution >= 0.6 is 27.3 Å². The van der Waals surface area contributed by atoms with Crippen molar-refractivity contribution in [1.82, 2.24) is 4.98 Å². The predicted molar refractivity (Wildman–Crippen MR) is 94.0 cm³/mol. The van der Waals surface area contributed by atoms with Crippen molar-refractivity contribution in [2.75, 3.05) is 4.72 Å². The molecule has 0 bridgehead atoms. The number of hydrogen-bond donors (Lipinski definition) is 1. The summed E-state index contributed by atoms with van der Waals surface area (Å²) in [6.07, 6.45) is 0. The molecular formula is C15H13BrN2O2S2. The van der Waals surface area contributed by atoms with Gasteiger partial charge in [-0.2, -0.15) is 0 Å². The lowest BCUT2D eigenvalue weighted by Gasteiger charge is -2.10. The van der Waals surface area contributed by atoms with Gasteiger partial charge in [0.15, 0.2) is 0 Å². The third-order valence-corrected chi connectivity index (χ3v) is 6.16. The van der Waals surface area contributed by atoms with Gasteiger partial charge in [-0.25, -0.2) is 13.4 Å². The zero-order valence-corrected chi connectivity index (χ0v) is 15.1. The molecule has 4 nitrogen and oxygen atoms in total. The molecule has 0 amide bonds. The Labute approximate surface area is 141 Å². The van der Waals surface area contributed by atoms with Crippen LogP contribution in [0, 0.1) is 13.8 Å². The molecule has 3 aromatic rings. The van der Waals surface area contributed by atoms with Gasteiger partial charge in [0.2, 0.25) is 0 Å². The molecular weight excluding hydrogens is 384 g/mol. The molecule has 0 saturated carbocycles. The predicted octanol–water partition coefficient (Wildman–Crippen LogP) is 4.48. The third-order valence-electron chi connectivity index (χ3n) is 3.17. The lowest BCUT2D eigenvalue weighted by Crippen LogP contribution is -2.14. The van der Waals surface area contributed by atoms with E-state index in [-0.39, 0.29) is 4.90 Å². The minimum absolute atomic E-state index is 0.269. The highest BCUT2D eigenvalue weighted by Gasteiger charge is 2.17. The van der Waals surface area contributed by atoms with Crippen molar-refractivity contribution >= 4 is 53.2 Å². The molecule has 0 fully saturated rings. The summed E-state index contributed by atoms with van der Waals surface area (Å²) >= 11 is 4.92. The third kappa shape index (κ3) is 3.02. The summed E-state index contributed by atoms with van der Waals surface area (Å²) in [5.41, 5.74) is 2.00. The molecule has 0 radical (unpaired) electrons. The van der Waals surface area contributed by atoms with Crippen LogP contribution in [0.3, 0.4) is 0 Å². The summed E-state index contributed by atoms with van der Waals surface area (Å²) in [6.45, 7) is 3.70. The van der Waals surface area contributed by atoms with Crippen molar-refractivity contribution in [3.63, 3.8) is 0 Å². The van der Waals surface area contributed by atoms with E-state index >= 15 is 0 Å². The van der Waals surface area contributed by atoms with Crippen LogP contribution in [0.5, 0.6) is 0 Å². The number of nitrogens with one attached hydrogen (secondary N) is 1. The smallest absolute Gasteiger partial charge is 0.262 e. The number of nitrogens with zero attached hydrogens (tertiary/aromatic N) is 1. The van der Waals surface area contributed by atoms with E-state index in [1.807, 2.05) is 13.0 Å². The quantitative estimate of drug-likeness (QED) is 0.709. The van der Waals surface area contributed by atoms with Crippen LogP contribution < -0.4 is 4.72 Å². The zero-order valence-electron chi connectivity index (χ0n) is 11.9. The molecule has 0 saturated heterocycles. The monoisotopic (exact) mass is 396 g/mol. The lowest BCUT2D eigenvalue weighted by molar-refractivity contribution is 0.600. The molecule has 114 valence electrons.